The van der Waals surface area contributed by atoms with Crippen LogP contribution in [-0.2, 0) is 24.2 Å². The van der Waals surface area contributed by atoms with Crippen molar-refractivity contribution in [1.29, 1.82) is 0 Å². The lowest BCUT2D eigenvalue weighted by Crippen LogP contribution is -2.49. The number of benzene rings is 2. The van der Waals surface area contributed by atoms with Gasteiger partial charge in [-0.25, -0.2) is 4.98 Å². The summed E-state index contributed by atoms with van der Waals surface area (Å²) in [6.45, 7) is 4.28. The van der Waals surface area contributed by atoms with Crippen molar-refractivity contribution in [2.75, 3.05) is 0 Å². The first-order valence-corrected chi connectivity index (χ1v) is 10.4. The molecule has 152 valence electrons. The molecule has 1 fully saturated rings. The molecule has 2 aliphatic heterocycles. The molecule has 6 nitrogen and oxygen atoms in total. The van der Waals surface area contributed by atoms with Crippen LogP contribution in [0, 0.1) is 0 Å². The number of carbonyl (C=O) groups excluding carboxylic acids is 2. The van der Waals surface area contributed by atoms with Crippen molar-refractivity contribution in [3.05, 3.63) is 76.2 Å². The number of hydrogen-bond donors (Lipinski definition) is 2. The zero-order valence-corrected chi connectivity index (χ0v) is 17.1. The highest BCUT2D eigenvalue weighted by Gasteiger charge is 2.38. The summed E-state index contributed by atoms with van der Waals surface area (Å²) in [5, 5.41) is 3.45. The summed E-state index contributed by atoms with van der Waals surface area (Å²) in [5.41, 5.74) is 5.36. The van der Waals surface area contributed by atoms with Crippen molar-refractivity contribution in [2.24, 2.45) is 0 Å². The first kappa shape index (κ1) is 18.9. The molecule has 5 rings (SSSR count). The van der Waals surface area contributed by atoms with Crippen LogP contribution in [0.1, 0.15) is 40.2 Å². The Morgan fingerprint density at radius 2 is 2.03 bits per heavy atom. The summed E-state index contributed by atoms with van der Waals surface area (Å²) < 4.78 is 0. The van der Waals surface area contributed by atoms with E-state index in [4.69, 9.17) is 11.6 Å². The van der Waals surface area contributed by atoms with Crippen LogP contribution in [0.3, 0.4) is 0 Å². The van der Waals surface area contributed by atoms with Gasteiger partial charge >= 0.3 is 0 Å². The number of nitrogens with one attached hydrogen (secondary N) is 2. The molecule has 1 saturated heterocycles. The number of carbonyl (C=O) groups is 2. The van der Waals surface area contributed by atoms with Crippen LogP contribution in [0.2, 0.25) is 5.02 Å². The van der Waals surface area contributed by atoms with Crippen LogP contribution in [-0.4, -0.2) is 32.7 Å². The highest BCUT2D eigenvalue weighted by molar-refractivity contribution is 6.31. The van der Waals surface area contributed by atoms with Gasteiger partial charge in [0.2, 0.25) is 5.91 Å². The van der Waals surface area contributed by atoms with Gasteiger partial charge in [0.1, 0.15) is 11.9 Å². The Labute approximate surface area is 178 Å². The molecule has 1 unspecified atom stereocenters. The molecule has 7 heteroatoms. The number of H-pyrrole nitrogens is 1. The highest BCUT2D eigenvalue weighted by atomic mass is 35.5. The van der Waals surface area contributed by atoms with E-state index < -0.39 is 6.04 Å². The number of aromatic nitrogens is 2. The molecule has 2 N–H and O–H groups in total. The minimum atomic E-state index is -0.429. The maximum absolute atomic E-state index is 12.8. The summed E-state index contributed by atoms with van der Waals surface area (Å²) in [6, 6.07) is 11.1. The molecule has 0 bridgehead atoms. The normalized spacial score (nSPS) is 18.8. The quantitative estimate of drug-likeness (QED) is 0.674. The Bertz CT molecular complexity index is 1200. The molecular formula is C23H21ClN4O2. The minimum Gasteiger partial charge on any atom is -0.342 e. The maximum Gasteiger partial charge on any atom is 0.255 e. The number of allylic oxidation sites excluding steroid dienone is 1. The number of aryl methyl sites for hydroxylation is 2. The highest BCUT2D eigenvalue weighted by Crippen LogP contribution is 2.29. The molecule has 3 heterocycles. The Morgan fingerprint density at radius 1 is 1.17 bits per heavy atom. The molecule has 3 aromatic rings. The van der Waals surface area contributed by atoms with Gasteiger partial charge < -0.3 is 15.2 Å². The second kappa shape index (κ2) is 7.29. The van der Waals surface area contributed by atoms with Crippen molar-refractivity contribution in [3.8, 4) is 0 Å². The smallest absolute Gasteiger partial charge is 0.255 e. The number of rotatable bonds is 4. The third-order valence-electron chi connectivity index (χ3n) is 5.84. The number of amides is 2. The summed E-state index contributed by atoms with van der Waals surface area (Å²) in [4.78, 5) is 34.8. The van der Waals surface area contributed by atoms with Gasteiger partial charge in [-0.05, 0) is 54.7 Å². The second-order valence-corrected chi connectivity index (χ2v) is 8.35. The van der Waals surface area contributed by atoms with Crippen LogP contribution < -0.4 is 5.32 Å². The minimum absolute atomic E-state index is 0.0709. The lowest BCUT2D eigenvalue weighted by atomic mass is 10.0. The molecule has 0 radical (unpaired) electrons. The van der Waals surface area contributed by atoms with Gasteiger partial charge in [0, 0.05) is 29.2 Å². The largest absolute Gasteiger partial charge is 0.342 e. The van der Waals surface area contributed by atoms with Gasteiger partial charge in [0.15, 0.2) is 0 Å². The first-order valence-electron chi connectivity index (χ1n) is 10.0. The van der Waals surface area contributed by atoms with E-state index in [1.165, 1.54) is 0 Å². The van der Waals surface area contributed by atoms with E-state index in [1.54, 1.807) is 4.90 Å². The van der Waals surface area contributed by atoms with Gasteiger partial charge in [0.25, 0.3) is 5.91 Å². The van der Waals surface area contributed by atoms with Gasteiger partial charge in [-0.2, -0.15) is 0 Å². The van der Waals surface area contributed by atoms with Crippen molar-refractivity contribution < 1.29 is 9.59 Å². The Kier molecular flexibility index (Phi) is 4.59. The Morgan fingerprint density at radius 3 is 2.87 bits per heavy atom. The predicted octanol–water partition coefficient (Wildman–Crippen LogP) is 3.75. The van der Waals surface area contributed by atoms with Crippen molar-refractivity contribution >= 4 is 34.4 Å². The van der Waals surface area contributed by atoms with Gasteiger partial charge in [-0.15, -0.1) is 0 Å². The van der Waals surface area contributed by atoms with Crippen LogP contribution in [0.25, 0.3) is 11.0 Å². The Balaban J connectivity index is 1.30. The fourth-order valence-corrected chi connectivity index (χ4v) is 4.45. The molecule has 0 saturated carbocycles. The molecule has 2 aliphatic rings. The second-order valence-electron chi connectivity index (χ2n) is 7.92. The zero-order valence-electron chi connectivity index (χ0n) is 16.4. The van der Waals surface area contributed by atoms with Crippen LogP contribution in [0.5, 0.6) is 0 Å². The summed E-state index contributed by atoms with van der Waals surface area (Å²) in [6.07, 6.45) is 2.88. The fourth-order valence-electron chi connectivity index (χ4n) is 4.28. The zero-order chi connectivity index (χ0) is 20.8. The molecule has 30 heavy (non-hydrogen) atoms. The lowest BCUT2D eigenvalue weighted by molar-refractivity contribution is -0.126. The Hall–Kier alpha value is -3.12. The number of halogens is 1. The van der Waals surface area contributed by atoms with E-state index in [-0.39, 0.29) is 11.8 Å². The SMILES string of the molecule is C=C1CCC(N2Cc3cc(CCc4nc5ccc(Cl)cc5[nH]4)ccc3C2=O)C(=O)N1. The third kappa shape index (κ3) is 3.37. The standard InChI is InChI=1S/C23H21ClN4O2/c1-13-2-8-20(22(29)25-13)28-12-15-10-14(3-6-17(15)23(28)30)4-9-21-26-18-7-5-16(24)11-19(18)27-21/h3,5-7,10-11,20H,1-2,4,8-9,12H2,(H,25,29)(H,26,27). The molecule has 1 aromatic heterocycles. The molecule has 2 aromatic carbocycles. The maximum atomic E-state index is 12.8. The number of imidazole rings is 1. The van der Waals surface area contributed by atoms with E-state index in [9.17, 15) is 9.59 Å². The van der Waals surface area contributed by atoms with Crippen LogP contribution in [0.4, 0.5) is 0 Å². The van der Waals surface area contributed by atoms with E-state index >= 15 is 0 Å². The lowest BCUT2D eigenvalue weighted by Gasteiger charge is -2.30. The molecular weight excluding hydrogens is 400 g/mol. The third-order valence-corrected chi connectivity index (χ3v) is 6.08. The van der Waals surface area contributed by atoms with Crippen molar-refractivity contribution in [2.45, 2.75) is 38.3 Å². The number of fused-ring (bicyclic) bond motifs is 2. The fraction of sp³-hybridized carbons (Fsp3) is 0.261. The topological polar surface area (TPSA) is 78.1 Å². The van der Waals surface area contributed by atoms with Crippen LogP contribution in [0.15, 0.2) is 48.7 Å². The summed E-state index contributed by atoms with van der Waals surface area (Å²) >= 11 is 6.04. The summed E-state index contributed by atoms with van der Waals surface area (Å²) in [5.74, 6) is 0.695. The van der Waals surface area contributed by atoms with E-state index in [2.05, 4.69) is 27.9 Å². The van der Waals surface area contributed by atoms with Crippen LogP contribution >= 0.6 is 11.6 Å². The predicted molar refractivity (Wildman–Crippen MR) is 115 cm³/mol. The average molecular weight is 421 g/mol. The van der Waals surface area contributed by atoms with Gasteiger partial charge in [-0.3, -0.25) is 9.59 Å². The number of nitrogens with zero attached hydrogens (tertiary/aromatic N) is 2. The monoisotopic (exact) mass is 420 g/mol. The van der Waals surface area contributed by atoms with E-state index in [1.807, 2.05) is 30.3 Å². The van der Waals surface area contributed by atoms with Gasteiger partial charge in [0.05, 0.1) is 11.0 Å². The first-order chi connectivity index (χ1) is 14.5. The molecule has 1 atom stereocenters. The molecule has 0 aliphatic carbocycles. The van der Waals surface area contributed by atoms with E-state index in [0.717, 1.165) is 46.5 Å². The van der Waals surface area contributed by atoms with Crippen molar-refractivity contribution in [3.63, 3.8) is 0 Å². The van der Waals surface area contributed by atoms with Gasteiger partial charge in [-0.1, -0.05) is 30.3 Å². The summed E-state index contributed by atoms with van der Waals surface area (Å²) in [7, 11) is 0. The van der Waals surface area contributed by atoms with Crippen molar-refractivity contribution in [1.82, 2.24) is 20.2 Å². The van der Waals surface area contributed by atoms with E-state index in [0.29, 0.717) is 30.0 Å². The molecule has 0 spiro atoms. The molecule has 2 amide bonds. The average Bonchev–Trinajstić information content (AvgIpc) is 3.26. The number of aromatic amines is 1. The number of hydrogen-bond acceptors (Lipinski definition) is 3. The number of piperidine rings is 1.